The van der Waals surface area contributed by atoms with Gasteiger partial charge in [0.25, 0.3) is 0 Å². The Morgan fingerprint density at radius 1 is 1.15 bits per heavy atom. The van der Waals surface area contributed by atoms with Crippen LogP contribution in [-0.2, 0) is 11.2 Å². The second kappa shape index (κ2) is 6.11. The molecule has 1 N–H and O–H groups in total. The summed E-state index contributed by atoms with van der Waals surface area (Å²) in [5.74, 6) is 0.811. The van der Waals surface area contributed by atoms with Gasteiger partial charge in [-0.2, -0.15) is 0 Å². The van der Waals surface area contributed by atoms with Gasteiger partial charge in [0.1, 0.15) is 5.82 Å². The first-order chi connectivity index (χ1) is 9.81. The highest BCUT2D eigenvalue weighted by molar-refractivity contribution is 5.28. The number of aromatic nitrogens is 2. The van der Waals surface area contributed by atoms with E-state index in [2.05, 4.69) is 39.6 Å². The zero-order valence-corrected chi connectivity index (χ0v) is 11.7. The molecular weight excluding hydrogens is 250 g/mol. The lowest BCUT2D eigenvalue weighted by Gasteiger charge is -2.24. The number of aryl methyl sites for hydroxylation is 1. The molecule has 0 amide bonds. The van der Waals surface area contributed by atoms with Crippen LogP contribution in [0, 0.1) is 6.92 Å². The summed E-state index contributed by atoms with van der Waals surface area (Å²) >= 11 is 0. The summed E-state index contributed by atoms with van der Waals surface area (Å²) in [5, 5.41) is 3.35. The predicted octanol–water partition coefficient (Wildman–Crippen LogP) is 2.04. The Hall–Kier alpha value is -1.78. The normalized spacial score (nSPS) is 18.9. The fourth-order valence-corrected chi connectivity index (χ4v) is 2.38. The van der Waals surface area contributed by atoms with Gasteiger partial charge in [-0.05, 0) is 23.6 Å². The Bertz CT molecular complexity index is 545. The van der Waals surface area contributed by atoms with Crippen LogP contribution in [0.3, 0.4) is 0 Å². The van der Waals surface area contributed by atoms with Gasteiger partial charge in [0.15, 0.2) is 0 Å². The van der Waals surface area contributed by atoms with Gasteiger partial charge in [-0.1, -0.05) is 24.3 Å². The lowest BCUT2D eigenvalue weighted by atomic mass is 10.0. The fraction of sp³-hybridized carbons (Fsp3) is 0.375. The summed E-state index contributed by atoms with van der Waals surface area (Å²) in [5.41, 5.74) is 3.64. The Kier molecular flexibility index (Phi) is 4.04. The zero-order valence-electron chi connectivity index (χ0n) is 11.7. The van der Waals surface area contributed by atoms with Crippen molar-refractivity contribution in [2.75, 3.05) is 19.7 Å². The Morgan fingerprint density at radius 3 is 2.55 bits per heavy atom. The summed E-state index contributed by atoms with van der Waals surface area (Å²) in [4.78, 5) is 8.45. The molecule has 104 valence electrons. The van der Waals surface area contributed by atoms with Crippen LogP contribution in [0.2, 0.25) is 0 Å². The van der Waals surface area contributed by atoms with E-state index in [-0.39, 0.29) is 6.10 Å². The van der Waals surface area contributed by atoms with Crippen LogP contribution >= 0.6 is 0 Å². The largest absolute Gasteiger partial charge is 0.371 e. The van der Waals surface area contributed by atoms with E-state index < -0.39 is 0 Å². The van der Waals surface area contributed by atoms with Gasteiger partial charge in [-0.3, -0.25) is 0 Å². The summed E-state index contributed by atoms with van der Waals surface area (Å²) in [7, 11) is 0. The third kappa shape index (κ3) is 3.21. The molecule has 0 radical (unpaired) electrons. The molecule has 1 fully saturated rings. The van der Waals surface area contributed by atoms with Crippen molar-refractivity contribution >= 4 is 0 Å². The van der Waals surface area contributed by atoms with Gasteiger partial charge >= 0.3 is 0 Å². The van der Waals surface area contributed by atoms with Gasteiger partial charge in [0.2, 0.25) is 0 Å². The Balaban J connectivity index is 1.67. The smallest absolute Gasteiger partial charge is 0.125 e. The van der Waals surface area contributed by atoms with Crippen LogP contribution < -0.4 is 5.32 Å². The molecule has 1 atom stereocenters. The minimum absolute atomic E-state index is 0.181. The molecule has 0 aliphatic carbocycles. The highest BCUT2D eigenvalue weighted by Gasteiger charge is 2.15. The van der Waals surface area contributed by atoms with Crippen LogP contribution in [0.1, 0.15) is 28.6 Å². The number of nitrogens with one attached hydrogen (secondary N) is 1. The molecule has 1 aromatic heterocycles. The monoisotopic (exact) mass is 269 g/mol. The van der Waals surface area contributed by atoms with E-state index in [1.165, 1.54) is 11.1 Å². The predicted molar refractivity (Wildman–Crippen MR) is 77.6 cm³/mol. The lowest BCUT2D eigenvalue weighted by molar-refractivity contribution is 0.0277. The van der Waals surface area contributed by atoms with E-state index in [4.69, 9.17) is 4.74 Å². The van der Waals surface area contributed by atoms with Gasteiger partial charge in [-0.25, -0.2) is 9.97 Å². The van der Waals surface area contributed by atoms with Crippen molar-refractivity contribution in [1.82, 2.24) is 15.3 Å². The Labute approximate surface area is 119 Å². The average Bonchev–Trinajstić information content (AvgIpc) is 2.51. The maximum atomic E-state index is 5.75. The van der Waals surface area contributed by atoms with E-state index in [1.54, 1.807) is 0 Å². The van der Waals surface area contributed by atoms with Crippen molar-refractivity contribution in [2.24, 2.45) is 0 Å². The second-order valence-corrected chi connectivity index (χ2v) is 5.12. The minimum atomic E-state index is 0.181. The maximum absolute atomic E-state index is 5.75. The number of hydrogen-bond donors (Lipinski definition) is 1. The SMILES string of the molecule is Cc1ncc(Cc2ccc([C@H]3CNCCO3)cc2)cn1. The van der Waals surface area contributed by atoms with Crippen LogP contribution in [0.25, 0.3) is 0 Å². The molecule has 2 aromatic rings. The molecule has 4 nitrogen and oxygen atoms in total. The molecule has 1 saturated heterocycles. The Morgan fingerprint density at radius 2 is 1.90 bits per heavy atom. The summed E-state index contributed by atoms with van der Waals surface area (Å²) in [6, 6.07) is 8.63. The maximum Gasteiger partial charge on any atom is 0.125 e. The molecule has 0 saturated carbocycles. The van der Waals surface area contributed by atoms with E-state index in [1.807, 2.05) is 19.3 Å². The first-order valence-corrected chi connectivity index (χ1v) is 7.00. The van der Waals surface area contributed by atoms with E-state index in [0.29, 0.717) is 0 Å². The summed E-state index contributed by atoms with van der Waals surface area (Å²) in [6.07, 6.45) is 4.83. The van der Waals surface area contributed by atoms with Crippen molar-refractivity contribution < 1.29 is 4.74 Å². The van der Waals surface area contributed by atoms with Crippen LogP contribution in [0.5, 0.6) is 0 Å². The third-order valence-corrected chi connectivity index (χ3v) is 3.52. The third-order valence-electron chi connectivity index (χ3n) is 3.52. The molecule has 1 aliphatic rings. The van der Waals surface area contributed by atoms with Gasteiger partial charge < -0.3 is 10.1 Å². The quantitative estimate of drug-likeness (QED) is 0.926. The molecular formula is C16H19N3O. The van der Waals surface area contributed by atoms with Crippen molar-refractivity contribution in [1.29, 1.82) is 0 Å². The molecule has 20 heavy (non-hydrogen) atoms. The molecule has 1 aromatic carbocycles. The molecule has 0 bridgehead atoms. The summed E-state index contributed by atoms with van der Waals surface area (Å²) in [6.45, 7) is 4.52. The number of nitrogens with zero attached hydrogens (tertiary/aromatic N) is 2. The van der Waals surface area contributed by atoms with Crippen LogP contribution in [-0.4, -0.2) is 29.7 Å². The molecule has 4 heteroatoms. The highest BCUT2D eigenvalue weighted by atomic mass is 16.5. The zero-order chi connectivity index (χ0) is 13.8. The minimum Gasteiger partial charge on any atom is -0.371 e. The van der Waals surface area contributed by atoms with Gasteiger partial charge in [0.05, 0.1) is 12.7 Å². The summed E-state index contributed by atoms with van der Waals surface area (Å²) < 4.78 is 5.75. The van der Waals surface area contributed by atoms with Crippen molar-refractivity contribution in [3.8, 4) is 0 Å². The number of rotatable bonds is 3. The first-order valence-electron chi connectivity index (χ1n) is 7.00. The molecule has 1 aliphatic heterocycles. The van der Waals surface area contributed by atoms with E-state index in [0.717, 1.165) is 37.5 Å². The molecule has 3 rings (SSSR count). The molecule has 0 unspecified atom stereocenters. The van der Waals surface area contributed by atoms with Crippen molar-refractivity contribution in [3.05, 3.63) is 59.2 Å². The van der Waals surface area contributed by atoms with Crippen LogP contribution in [0.15, 0.2) is 36.7 Å². The van der Waals surface area contributed by atoms with Crippen molar-refractivity contribution in [3.63, 3.8) is 0 Å². The average molecular weight is 269 g/mol. The standard InChI is InChI=1S/C16H19N3O/c1-12-18-9-14(10-19-12)8-13-2-4-15(5-3-13)16-11-17-6-7-20-16/h2-5,9-10,16-17H,6-8,11H2,1H3/t16-/m1/s1. The van der Waals surface area contributed by atoms with Gasteiger partial charge in [0, 0.05) is 31.9 Å². The molecule has 2 heterocycles. The number of benzene rings is 1. The van der Waals surface area contributed by atoms with E-state index in [9.17, 15) is 0 Å². The second-order valence-electron chi connectivity index (χ2n) is 5.12. The van der Waals surface area contributed by atoms with E-state index >= 15 is 0 Å². The first kappa shape index (κ1) is 13.2. The van der Waals surface area contributed by atoms with Gasteiger partial charge in [-0.15, -0.1) is 0 Å². The molecule has 0 spiro atoms. The van der Waals surface area contributed by atoms with Crippen LogP contribution in [0.4, 0.5) is 0 Å². The number of hydrogen-bond acceptors (Lipinski definition) is 4. The topological polar surface area (TPSA) is 47.0 Å². The lowest BCUT2D eigenvalue weighted by Crippen LogP contribution is -2.33. The fourth-order valence-electron chi connectivity index (χ4n) is 2.38. The number of morpholine rings is 1. The number of ether oxygens (including phenoxy) is 1. The van der Waals surface area contributed by atoms with Crippen molar-refractivity contribution in [2.45, 2.75) is 19.4 Å². The highest BCUT2D eigenvalue weighted by Crippen LogP contribution is 2.20.